The van der Waals surface area contributed by atoms with E-state index in [2.05, 4.69) is 42.4 Å². The Morgan fingerprint density at radius 1 is 0.829 bits per heavy atom. The molecule has 4 aromatic rings. The van der Waals surface area contributed by atoms with E-state index in [9.17, 15) is 0 Å². The van der Waals surface area contributed by atoms with Crippen molar-refractivity contribution in [3.8, 4) is 22.6 Å². The van der Waals surface area contributed by atoms with Crippen molar-refractivity contribution in [1.29, 1.82) is 0 Å². The van der Waals surface area contributed by atoms with E-state index in [1.54, 1.807) is 0 Å². The molecule has 0 aliphatic carbocycles. The molecule has 0 amide bonds. The molecular formula is C31H30N4. The van der Waals surface area contributed by atoms with E-state index in [-0.39, 0.29) is 0 Å². The molecule has 35 heavy (non-hydrogen) atoms. The Hall–Kier alpha value is -4.44. The second-order valence-electron chi connectivity index (χ2n) is 8.22. The molecule has 0 radical (unpaired) electrons. The highest BCUT2D eigenvalue weighted by Crippen LogP contribution is 2.30. The van der Waals surface area contributed by atoms with Crippen molar-refractivity contribution in [1.82, 2.24) is 9.97 Å². The number of aromatic nitrogens is 2. The predicted octanol–water partition coefficient (Wildman–Crippen LogP) is 8.07. The van der Waals surface area contributed by atoms with Gasteiger partial charge in [0.25, 0.3) is 0 Å². The maximum absolute atomic E-state index is 4.97. The molecule has 0 fully saturated rings. The Morgan fingerprint density at radius 3 is 2.00 bits per heavy atom. The second kappa shape index (κ2) is 11.1. The molecule has 0 aliphatic heterocycles. The third kappa shape index (κ3) is 5.92. The molecule has 0 atom stereocenters. The van der Waals surface area contributed by atoms with Crippen LogP contribution in [0.3, 0.4) is 0 Å². The van der Waals surface area contributed by atoms with Crippen molar-refractivity contribution >= 4 is 11.5 Å². The fourth-order valence-corrected chi connectivity index (χ4v) is 3.83. The van der Waals surface area contributed by atoms with Crippen LogP contribution in [0.2, 0.25) is 0 Å². The number of benzene rings is 3. The summed E-state index contributed by atoms with van der Waals surface area (Å²) in [4.78, 5) is 12.0. The number of hydrogen-bond acceptors (Lipinski definition) is 4. The zero-order chi connectivity index (χ0) is 24.6. The van der Waals surface area contributed by atoms with E-state index in [0.717, 1.165) is 51.8 Å². The summed E-state index contributed by atoms with van der Waals surface area (Å²) < 4.78 is 0. The van der Waals surface area contributed by atoms with E-state index in [1.165, 1.54) is 0 Å². The van der Waals surface area contributed by atoms with E-state index in [0.29, 0.717) is 5.82 Å². The number of allylic oxidation sites excluding steroid dienone is 3. The number of para-hydroxylation sites is 1. The number of rotatable bonds is 9. The first-order chi connectivity index (χ1) is 17.0. The first-order valence-electron chi connectivity index (χ1n) is 11.7. The van der Waals surface area contributed by atoms with Crippen LogP contribution in [0.25, 0.3) is 22.6 Å². The third-order valence-corrected chi connectivity index (χ3v) is 5.58. The Balaban J connectivity index is 1.78. The standard InChI is InChI=1S/C31H30N4/c1-5-24(3)35(25(4)21-23(2)32-28-19-13-8-14-20-28)30-22-29(26-15-9-6-10-16-26)33-31(34-30)27-17-11-7-12-18-27/h6-22,32H,2-3,5H2,1,4H3/b25-21+. The molecule has 0 bridgehead atoms. The van der Waals surface area contributed by atoms with Crippen molar-refractivity contribution in [2.45, 2.75) is 20.3 Å². The summed E-state index contributed by atoms with van der Waals surface area (Å²) in [6.45, 7) is 12.7. The maximum Gasteiger partial charge on any atom is 0.162 e. The molecular weight excluding hydrogens is 428 g/mol. The lowest BCUT2D eigenvalue weighted by molar-refractivity contribution is 0.944. The average molecular weight is 459 g/mol. The van der Waals surface area contributed by atoms with Crippen molar-refractivity contribution in [3.63, 3.8) is 0 Å². The second-order valence-corrected chi connectivity index (χ2v) is 8.22. The lowest BCUT2D eigenvalue weighted by atomic mass is 10.1. The molecule has 4 nitrogen and oxygen atoms in total. The molecule has 0 saturated carbocycles. The highest BCUT2D eigenvalue weighted by atomic mass is 15.2. The molecule has 1 heterocycles. The van der Waals surface area contributed by atoms with Crippen molar-refractivity contribution in [2.75, 3.05) is 10.2 Å². The predicted molar refractivity (Wildman–Crippen MR) is 148 cm³/mol. The minimum absolute atomic E-state index is 0.671. The molecule has 0 saturated heterocycles. The van der Waals surface area contributed by atoms with Crippen LogP contribution < -0.4 is 10.2 Å². The average Bonchev–Trinajstić information content (AvgIpc) is 2.90. The van der Waals surface area contributed by atoms with Gasteiger partial charge in [0.1, 0.15) is 5.82 Å². The first-order valence-corrected chi connectivity index (χ1v) is 11.7. The third-order valence-electron chi connectivity index (χ3n) is 5.58. The normalized spacial score (nSPS) is 11.1. The minimum atomic E-state index is 0.671. The number of nitrogens with zero attached hydrogens (tertiary/aromatic N) is 3. The summed E-state index contributed by atoms with van der Waals surface area (Å²) in [5, 5.41) is 3.35. The maximum atomic E-state index is 4.97. The van der Waals surface area contributed by atoms with E-state index in [4.69, 9.17) is 9.97 Å². The highest BCUT2D eigenvalue weighted by Gasteiger charge is 2.17. The molecule has 0 spiro atoms. The smallest absolute Gasteiger partial charge is 0.162 e. The molecule has 174 valence electrons. The van der Waals surface area contributed by atoms with Crippen molar-refractivity contribution < 1.29 is 0 Å². The monoisotopic (exact) mass is 458 g/mol. The Kier molecular flexibility index (Phi) is 7.53. The van der Waals surface area contributed by atoms with Gasteiger partial charge in [-0.05, 0) is 31.6 Å². The van der Waals surface area contributed by atoms with Gasteiger partial charge in [0.05, 0.1) is 5.69 Å². The summed E-state index contributed by atoms with van der Waals surface area (Å²) in [5.41, 5.74) is 6.52. The SMILES string of the molecule is C=C(/C=C(\C)N(C(=C)CC)c1cc(-c2ccccc2)nc(-c2ccccc2)n1)Nc1ccccc1. The first kappa shape index (κ1) is 23.7. The van der Waals surface area contributed by atoms with Gasteiger partial charge in [0.15, 0.2) is 5.82 Å². The fourth-order valence-electron chi connectivity index (χ4n) is 3.83. The van der Waals surface area contributed by atoms with Gasteiger partial charge in [0, 0.05) is 40.0 Å². The van der Waals surface area contributed by atoms with Crippen LogP contribution >= 0.6 is 0 Å². The van der Waals surface area contributed by atoms with Crippen molar-refractivity contribution in [2.24, 2.45) is 0 Å². The van der Waals surface area contributed by atoms with Gasteiger partial charge < -0.3 is 10.2 Å². The number of hydrogen-bond donors (Lipinski definition) is 1. The summed E-state index contributed by atoms with van der Waals surface area (Å²) in [6, 6.07) is 32.3. The van der Waals surface area contributed by atoms with Crippen LogP contribution in [-0.2, 0) is 0 Å². The zero-order valence-corrected chi connectivity index (χ0v) is 20.3. The van der Waals surface area contributed by atoms with Gasteiger partial charge in [-0.15, -0.1) is 0 Å². The fraction of sp³-hybridized carbons (Fsp3) is 0.0968. The van der Waals surface area contributed by atoms with Crippen LogP contribution in [0.1, 0.15) is 20.3 Å². The molecule has 1 N–H and O–H groups in total. The van der Waals surface area contributed by atoms with E-state index in [1.807, 2.05) is 97.9 Å². The number of nitrogens with one attached hydrogen (secondary N) is 1. The highest BCUT2D eigenvalue weighted by molar-refractivity contribution is 5.70. The molecule has 4 heteroatoms. The Bertz CT molecular complexity index is 1270. The molecule has 0 aliphatic rings. The Labute approximate surface area is 208 Å². The topological polar surface area (TPSA) is 41.1 Å². The van der Waals surface area contributed by atoms with Gasteiger partial charge in [-0.25, -0.2) is 9.97 Å². The van der Waals surface area contributed by atoms with E-state index >= 15 is 0 Å². The summed E-state index contributed by atoms with van der Waals surface area (Å²) in [6.07, 6.45) is 2.79. The summed E-state index contributed by atoms with van der Waals surface area (Å²) in [5.74, 6) is 1.44. The summed E-state index contributed by atoms with van der Waals surface area (Å²) in [7, 11) is 0. The number of anilines is 2. The lowest BCUT2D eigenvalue weighted by Crippen LogP contribution is -2.21. The van der Waals surface area contributed by atoms with Crippen LogP contribution in [0.15, 0.2) is 133 Å². The quantitative estimate of drug-likeness (QED) is 0.257. The van der Waals surface area contributed by atoms with Gasteiger partial charge in [-0.3, -0.25) is 0 Å². The molecule has 3 aromatic carbocycles. The van der Waals surface area contributed by atoms with Gasteiger partial charge in [-0.1, -0.05) is 98.9 Å². The largest absolute Gasteiger partial charge is 0.356 e. The molecule has 0 unspecified atom stereocenters. The van der Waals surface area contributed by atoms with Gasteiger partial charge in [-0.2, -0.15) is 0 Å². The van der Waals surface area contributed by atoms with Gasteiger partial charge >= 0.3 is 0 Å². The van der Waals surface area contributed by atoms with Gasteiger partial charge in [0.2, 0.25) is 0 Å². The minimum Gasteiger partial charge on any atom is -0.356 e. The van der Waals surface area contributed by atoms with Crippen LogP contribution in [0, 0.1) is 0 Å². The van der Waals surface area contributed by atoms with Crippen molar-refractivity contribution in [3.05, 3.63) is 133 Å². The Morgan fingerprint density at radius 2 is 1.40 bits per heavy atom. The molecule has 1 aromatic heterocycles. The van der Waals surface area contributed by atoms with E-state index < -0.39 is 0 Å². The molecule has 4 rings (SSSR count). The van der Waals surface area contributed by atoms with Crippen LogP contribution in [0.4, 0.5) is 11.5 Å². The lowest BCUT2D eigenvalue weighted by Gasteiger charge is -2.27. The summed E-state index contributed by atoms with van der Waals surface area (Å²) >= 11 is 0. The zero-order valence-electron chi connectivity index (χ0n) is 20.3. The van der Waals surface area contributed by atoms with Crippen LogP contribution in [0.5, 0.6) is 0 Å². The van der Waals surface area contributed by atoms with Crippen LogP contribution in [-0.4, -0.2) is 9.97 Å².